The smallest absolute Gasteiger partial charge is 0.326 e. The van der Waals surface area contributed by atoms with E-state index in [9.17, 15) is 14.7 Å². The number of aliphatic carboxylic acids is 1. The summed E-state index contributed by atoms with van der Waals surface area (Å²) < 4.78 is 1.64. The van der Waals surface area contributed by atoms with E-state index < -0.39 is 12.0 Å². The van der Waals surface area contributed by atoms with Crippen molar-refractivity contribution in [3.63, 3.8) is 0 Å². The van der Waals surface area contributed by atoms with Crippen LogP contribution in [-0.4, -0.2) is 43.4 Å². The molecule has 3 unspecified atom stereocenters. The second-order valence-corrected chi connectivity index (χ2v) is 6.95. The van der Waals surface area contributed by atoms with Gasteiger partial charge in [-0.2, -0.15) is 0 Å². The highest BCUT2D eigenvalue weighted by molar-refractivity contribution is 6.32. The van der Waals surface area contributed by atoms with E-state index in [4.69, 9.17) is 11.6 Å². The Bertz CT molecular complexity index is 819. The summed E-state index contributed by atoms with van der Waals surface area (Å²) in [4.78, 5) is 30.7. The first-order chi connectivity index (χ1) is 11.6. The van der Waals surface area contributed by atoms with E-state index in [0.29, 0.717) is 12.1 Å². The molecule has 3 atom stereocenters. The molecule has 2 fully saturated rings. The maximum absolute atomic E-state index is 13.2. The van der Waals surface area contributed by atoms with Gasteiger partial charge in [0.25, 0.3) is 5.91 Å². The Morgan fingerprint density at radius 1 is 1.25 bits per heavy atom. The number of hydrogen-bond donors (Lipinski definition) is 1. The zero-order chi connectivity index (χ0) is 16.8. The number of amides is 1. The second kappa shape index (κ2) is 5.77. The summed E-state index contributed by atoms with van der Waals surface area (Å²) in [6, 6.07) is 4.59. The van der Waals surface area contributed by atoms with E-state index in [-0.39, 0.29) is 28.7 Å². The van der Waals surface area contributed by atoms with Crippen molar-refractivity contribution in [3.8, 4) is 0 Å². The highest BCUT2D eigenvalue weighted by Gasteiger charge is 2.48. The lowest BCUT2D eigenvalue weighted by atomic mass is 9.84. The molecule has 1 amide bonds. The Morgan fingerprint density at radius 3 is 2.83 bits per heavy atom. The summed E-state index contributed by atoms with van der Waals surface area (Å²) in [5.74, 6) is -1.01. The number of rotatable bonds is 2. The molecule has 1 aliphatic carbocycles. The molecule has 7 heteroatoms. The van der Waals surface area contributed by atoms with Crippen molar-refractivity contribution in [2.24, 2.45) is 5.92 Å². The van der Waals surface area contributed by atoms with Crippen molar-refractivity contribution in [1.82, 2.24) is 14.3 Å². The number of carboxylic acid groups (broad SMARTS) is 1. The van der Waals surface area contributed by atoms with Crippen LogP contribution in [0.3, 0.4) is 0 Å². The lowest BCUT2D eigenvalue weighted by molar-refractivity contribution is -0.141. The van der Waals surface area contributed by atoms with Crippen LogP contribution in [0, 0.1) is 5.92 Å². The predicted molar refractivity (Wildman–Crippen MR) is 88.2 cm³/mol. The minimum absolute atomic E-state index is 0.0160. The van der Waals surface area contributed by atoms with Crippen LogP contribution in [0.15, 0.2) is 24.4 Å². The summed E-state index contributed by atoms with van der Waals surface area (Å²) >= 11 is 6.22. The SMILES string of the molecule is O=C(O)C1CC2CCCCC2N1C(=O)c1c(Cl)nc2ccccn12. The highest BCUT2D eigenvalue weighted by Crippen LogP contribution is 2.41. The lowest BCUT2D eigenvalue weighted by Gasteiger charge is -2.32. The molecule has 0 spiro atoms. The molecule has 6 nitrogen and oxygen atoms in total. The number of carbonyl (C=O) groups excluding carboxylic acids is 1. The molecule has 126 valence electrons. The third-order valence-electron chi connectivity index (χ3n) is 5.30. The number of pyridine rings is 1. The topological polar surface area (TPSA) is 74.9 Å². The molecule has 3 heterocycles. The number of imidazole rings is 1. The molecule has 2 aromatic rings. The Hall–Kier alpha value is -2.08. The summed E-state index contributed by atoms with van der Waals surface area (Å²) in [5.41, 5.74) is 0.835. The lowest BCUT2D eigenvalue weighted by Crippen LogP contribution is -2.46. The zero-order valence-corrected chi connectivity index (χ0v) is 13.8. The average molecular weight is 348 g/mol. The fraction of sp³-hybridized carbons (Fsp3) is 0.471. The first-order valence-corrected chi connectivity index (χ1v) is 8.64. The minimum atomic E-state index is -0.942. The van der Waals surface area contributed by atoms with Crippen molar-refractivity contribution in [2.75, 3.05) is 0 Å². The summed E-state index contributed by atoms with van der Waals surface area (Å²) in [7, 11) is 0. The molecule has 2 aromatic heterocycles. The molecule has 1 aliphatic heterocycles. The van der Waals surface area contributed by atoms with Gasteiger partial charge in [-0.3, -0.25) is 9.20 Å². The van der Waals surface area contributed by atoms with Gasteiger partial charge in [0.1, 0.15) is 11.7 Å². The molecule has 0 aromatic carbocycles. The van der Waals surface area contributed by atoms with Gasteiger partial charge in [0, 0.05) is 12.2 Å². The van der Waals surface area contributed by atoms with Gasteiger partial charge in [0.05, 0.1) is 0 Å². The molecule has 24 heavy (non-hydrogen) atoms. The van der Waals surface area contributed by atoms with Gasteiger partial charge in [0.2, 0.25) is 0 Å². The fourth-order valence-corrected chi connectivity index (χ4v) is 4.51. The Morgan fingerprint density at radius 2 is 2.04 bits per heavy atom. The molecule has 1 saturated heterocycles. The number of hydrogen-bond acceptors (Lipinski definition) is 3. The maximum atomic E-state index is 13.2. The number of nitrogens with zero attached hydrogens (tertiary/aromatic N) is 3. The molecule has 0 radical (unpaired) electrons. The quantitative estimate of drug-likeness (QED) is 0.906. The molecule has 1 saturated carbocycles. The molecule has 4 rings (SSSR count). The third-order valence-corrected chi connectivity index (χ3v) is 5.56. The van der Waals surface area contributed by atoms with Crippen molar-refractivity contribution in [2.45, 2.75) is 44.2 Å². The van der Waals surface area contributed by atoms with Gasteiger partial charge in [-0.1, -0.05) is 30.5 Å². The number of carbonyl (C=O) groups is 2. The molecule has 2 aliphatic rings. The van der Waals surface area contributed by atoms with E-state index in [1.807, 2.05) is 6.07 Å². The van der Waals surface area contributed by atoms with Crippen molar-refractivity contribution in [3.05, 3.63) is 35.2 Å². The van der Waals surface area contributed by atoms with Gasteiger partial charge in [0.15, 0.2) is 10.8 Å². The molecular weight excluding hydrogens is 330 g/mol. The van der Waals surface area contributed by atoms with Crippen LogP contribution in [0.25, 0.3) is 5.65 Å². The van der Waals surface area contributed by atoms with Gasteiger partial charge in [-0.05, 0) is 37.3 Å². The fourth-order valence-electron chi connectivity index (χ4n) is 4.25. The molecule has 0 bridgehead atoms. The number of carboxylic acids is 1. The van der Waals surface area contributed by atoms with Gasteiger partial charge < -0.3 is 10.0 Å². The predicted octanol–water partition coefficient (Wildman–Crippen LogP) is 2.85. The number of likely N-dealkylation sites (tertiary alicyclic amines) is 1. The Labute approximate surface area is 144 Å². The van der Waals surface area contributed by atoms with E-state index in [1.165, 1.54) is 0 Å². The van der Waals surface area contributed by atoms with Crippen molar-refractivity contribution in [1.29, 1.82) is 0 Å². The molecular formula is C17H18ClN3O3. The number of aromatic nitrogens is 2. The van der Waals surface area contributed by atoms with Crippen LogP contribution in [0.1, 0.15) is 42.6 Å². The number of fused-ring (bicyclic) bond motifs is 2. The van der Waals surface area contributed by atoms with E-state index in [1.54, 1.807) is 27.6 Å². The van der Waals surface area contributed by atoms with Crippen LogP contribution in [0.2, 0.25) is 5.15 Å². The monoisotopic (exact) mass is 347 g/mol. The third kappa shape index (κ3) is 2.28. The van der Waals surface area contributed by atoms with Crippen LogP contribution >= 0.6 is 11.6 Å². The van der Waals surface area contributed by atoms with Crippen molar-refractivity contribution < 1.29 is 14.7 Å². The maximum Gasteiger partial charge on any atom is 0.326 e. The molecule has 1 N–H and O–H groups in total. The highest BCUT2D eigenvalue weighted by atomic mass is 35.5. The second-order valence-electron chi connectivity index (χ2n) is 6.59. The van der Waals surface area contributed by atoms with E-state index in [0.717, 1.165) is 25.7 Å². The van der Waals surface area contributed by atoms with E-state index >= 15 is 0 Å². The first-order valence-electron chi connectivity index (χ1n) is 8.26. The summed E-state index contributed by atoms with van der Waals surface area (Å²) in [5, 5.41) is 9.73. The van der Waals surface area contributed by atoms with Crippen LogP contribution in [-0.2, 0) is 4.79 Å². The normalized spacial score (nSPS) is 26.5. The van der Waals surface area contributed by atoms with E-state index in [2.05, 4.69) is 4.98 Å². The first kappa shape index (κ1) is 15.4. The van der Waals surface area contributed by atoms with Crippen LogP contribution in [0.4, 0.5) is 0 Å². The summed E-state index contributed by atoms with van der Waals surface area (Å²) in [6.07, 6.45) is 6.23. The minimum Gasteiger partial charge on any atom is -0.480 e. The zero-order valence-electron chi connectivity index (χ0n) is 13.1. The van der Waals surface area contributed by atoms with Gasteiger partial charge in [-0.15, -0.1) is 0 Å². The average Bonchev–Trinajstić information content (AvgIpc) is 3.11. The van der Waals surface area contributed by atoms with Crippen molar-refractivity contribution >= 4 is 29.1 Å². The van der Waals surface area contributed by atoms with Crippen LogP contribution < -0.4 is 0 Å². The van der Waals surface area contributed by atoms with Crippen LogP contribution in [0.5, 0.6) is 0 Å². The number of halogens is 1. The standard InChI is InChI=1S/C17H18ClN3O3/c18-15-14(20-8-4-3-7-13(20)19-15)16(22)21-11-6-2-1-5-10(11)9-12(21)17(23)24/h3-4,7-8,10-12H,1-2,5-6,9H2,(H,23,24). The van der Waals surface area contributed by atoms with Gasteiger partial charge in [-0.25, -0.2) is 9.78 Å². The van der Waals surface area contributed by atoms with Gasteiger partial charge >= 0.3 is 5.97 Å². The Kier molecular flexibility index (Phi) is 3.72. The Balaban J connectivity index is 1.78. The largest absolute Gasteiger partial charge is 0.480 e. The summed E-state index contributed by atoms with van der Waals surface area (Å²) in [6.45, 7) is 0.